The van der Waals surface area contributed by atoms with Crippen LogP contribution in [0.15, 0.2) is 18.2 Å². The quantitative estimate of drug-likeness (QED) is 0.926. The predicted molar refractivity (Wildman–Crippen MR) is 82.7 cm³/mol. The predicted octanol–water partition coefficient (Wildman–Crippen LogP) is 3.23. The van der Waals surface area contributed by atoms with Gasteiger partial charge < -0.3 is 14.8 Å². The molecule has 4 rings (SSSR count). The van der Waals surface area contributed by atoms with Crippen LogP contribution in [0.4, 0.5) is 0 Å². The second-order valence-electron chi connectivity index (χ2n) is 6.87. The van der Waals surface area contributed by atoms with Gasteiger partial charge >= 0.3 is 0 Å². The number of ether oxygens (including phenoxy) is 2. The average Bonchev–Trinajstić information content (AvgIpc) is 2.94. The second kappa shape index (κ2) is 5.29. The van der Waals surface area contributed by atoms with Crippen molar-refractivity contribution in [3.8, 4) is 5.75 Å². The van der Waals surface area contributed by atoms with Gasteiger partial charge in [-0.3, -0.25) is 0 Å². The van der Waals surface area contributed by atoms with Crippen molar-refractivity contribution in [2.75, 3.05) is 20.3 Å². The summed E-state index contributed by atoms with van der Waals surface area (Å²) in [6.07, 6.45) is 7.30. The maximum Gasteiger partial charge on any atom is 0.122 e. The molecule has 21 heavy (non-hydrogen) atoms. The highest BCUT2D eigenvalue weighted by Crippen LogP contribution is 2.47. The summed E-state index contributed by atoms with van der Waals surface area (Å²) < 4.78 is 11.7. The van der Waals surface area contributed by atoms with E-state index in [1.54, 1.807) is 0 Å². The summed E-state index contributed by atoms with van der Waals surface area (Å²) in [6, 6.07) is 7.19. The van der Waals surface area contributed by atoms with Crippen molar-refractivity contribution in [1.29, 1.82) is 0 Å². The molecule has 1 aromatic carbocycles. The highest BCUT2D eigenvalue weighted by molar-refractivity contribution is 5.41. The van der Waals surface area contributed by atoms with E-state index in [2.05, 4.69) is 30.6 Å². The van der Waals surface area contributed by atoms with E-state index in [4.69, 9.17) is 9.47 Å². The summed E-state index contributed by atoms with van der Waals surface area (Å²) in [4.78, 5) is 0. The van der Waals surface area contributed by atoms with Crippen LogP contribution >= 0.6 is 0 Å². The number of rotatable bonds is 3. The highest BCUT2D eigenvalue weighted by atomic mass is 16.5. The van der Waals surface area contributed by atoms with Gasteiger partial charge in [0.05, 0.1) is 12.2 Å². The Labute approximate surface area is 127 Å². The lowest BCUT2D eigenvalue weighted by molar-refractivity contribution is -0.147. The molecule has 2 fully saturated rings. The van der Waals surface area contributed by atoms with Crippen molar-refractivity contribution in [2.24, 2.45) is 5.92 Å². The molecule has 3 nitrogen and oxygen atoms in total. The van der Waals surface area contributed by atoms with Crippen LogP contribution in [0.1, 0.15) is 49.3 Å². The molecule has 1 aromatic rings. The van der Waals surface area contributed by atoms with Gasteiger partial charge in [0.15, 0.2) is 0 Å². The van der Waals surface area contributed by atoms with E-state index in [0.717, 1.165) is 25.4 Å². The van der Waals surface area contributed by atoms with Gasteiger partial charge in [0.2, 0.25) is 0 Å². The fraction of sp³-hybridized carbons (Fsp3) is 0.667. The van der Waals surface area contributed by atoms with Crippen molar-refractivity contribution in [3.63, 3.8) is 0 Å². The van der Waals surface area contributed by atoms with Crippen molar-refractivity contribution in [3.05, 3.63) is 29.3 Å². The van der Waals surface area contributed by atoms with E-state index in [-0.39, 0.29) is 5.60 Å². The van der Waals surface area contributed by atoms with Crippen LogP contribution in [0, 0.1) is 5.92 Å². The molecule has 1 saturated carbocycles. The van der Waals surface area contributed by atoms with E-state index in [0.29, 0.717) is 12.0 Å². The molecular formula is C18H25NO2. The highest BCUT2D eigenvalue weighted by Gasteiger charge is 2.44. The minimum atomic E-state index is 0.220. The van der Waals surface area contributed by atoms with Gasteiger partial charge in [-0.05, 0) is 62.3 Å². The molecule has 2 heterocycles. The largest absolute Gasteiger partial charge is 0.493 e. The molecule has 1 saturated heterocycles. The zero-order valence-electron chi connectivity index (χ0n) is 12.9. The summed E-state index contributed by atoms with van der Waals surface area (Å²) >= 11 is 0. The first-order chi connectivity index (χ1) is 10.3. The maximum atomic E-state index is 6.09. The number of nitrogens with one attached hydrogen (secondary N) is 1. The van der Waals surface area contributed by atoms with Gasteiger partial charge in [-0.15, -0.1) is 0 Å². The summed E-state index contributed by atoms with van der Waals surface area (Å²) in [6.45, 7) is 1.76. The molecule has 0 bridgehead atoms. The second-order valence-corrected chi connectivity index (χ2v) is 6.87. The molecule has 0 radical (unpaired) electrons. The summed E-state index contributed by atoms with van der Waals surface area (Å²) in [5.74, 6) is 1.76. The first kappa shape index (κ1) is 13.6. The van der Waals surface area contributed by atoms with Crippen LogP contribution in [0.2, 0.25) is 0 Å². The Hall–Kier alpha value is -1.06. The van der Waals surface area contributed by atoms with Crippen LogP contribution < -0.4 is 10.1 Å². The normalized spacial score (nSPS) is 27.8. The van der Waals surface area contributed by atoms with E-state index in [9.17, 15) is 0 Å². The van der Waals surface area contributed by atoms with E-state index in [1.807, 2.05) is 0 Å². The molecule has 1 N–H and O–H groups in total. The average molecular weight is 287 g/mol. The Morgan fingerprint density at radius 2 is 2.19 bits per heavy atom. The molecule has 3 heteroatoms. The zero-order valence-corrected chi connectivity index (χ0v) is 12.9. The lowest BCUT2D eigenvalue weighted by Crippen LogP contribution is -2.47. The topological polar surface area (TPSA) is 30.5 Å². The van der Waals surface area contributed by atoms with E-state index < -0.39 is 0 Å². The molecule has 2 unspecified atom stereocenters. The maximum absolute atomic E-state index is 6.09. The molecule has 2 atom stereocenters. The Kier molecular flexibility index (Phi) is 3.43. The molecule has 0 amide bonds. The Morgan fingerprint density at radius 3 is 2.95 bits per heavy atom. The SMILES string of the molecule is CNC(c1ccc2c(c1)CCO2)C1CCOC2(CCC2)C1. The molecular weight excluding hydrogens is 262 g/mol. The van der Waals surface area contributed by atoms with Gasteiger partial charge in [0.1, 0.15) is 5.75 Å². The summed E-state index contributed by atoms with van der Waals surface area (Å²) in [5, 5.41) is 3.57. The third-order valence-corrected chi connectivity index (χ3v) is 5.65. The van der Waals surface area contributed by atoms with E-state index in [1.165, 1.54) is 43.2 Å². The van der Waals surface area contributed by atoms with Gasteiger partial charge in [0.25, 0.3) is 0 Å². The number of benzene rings is 1. The van der Waals surface area contributed by atoms with Crippen LogP contribution in [-0.2, 0) is 11.2 Å². The summed E-state index contributed by atoms with van der Waals surface area (Å²) in [5.41, 5.74) is 3.01. The van der Waals surface area contributed by atoms with Crippen molar-refractivity contribution >= 4 is 0 Å². The minimum absolute atomic E-state index is 0.220. The number of hydrogen-bond acceptors (Lipinski definition) is 3. The Morgan fingerprint density at radius 1 is 1.29 bits per heavy atom. The molecule has 1 aliphatic carbocycles. The van der Waals surface area contributed by atoms with Gasteiger partial charge in [0, 0.05) is 19.1 Å². The first-order valence-electron chi connectivity index (χ1n) is 8.37. The third kappa shape index (κ3) is 2.36. The van der Waals surface area contributed by atoms with Crippen molar-refractivity contribution < 1.29 is 9.47 Å². The van der Waals surface area contributed by atoms with Gasteiger partial charge in [-0.25, -0.2) is 0 Å². The van der Waals surface area contributed by atoms with Crippen LogP contribution in [0.5, 0.6) is 5.75 Å². The Balaban J connectivity index is 1.56. The van der Waals surface area contributed by atoms with Crippen LogP contribution in [-0.4, -0.2) is 25.9 Å². The lowest BCUT2D eigenvalue weighted by atomic mass is 9.69. The number of hydrogen-bond donors (Lipinski definition) is 1. The molecule has 0 aromatic heterocycles. The first-order valence-corrected chi connectivity index (χ1v) is 8.37. The molecule has 3 aliphatic rings. The third-order valence-electron chi connectivity index (χ3n) is 5.65. The lowest BCUT2D eigenvalue weighted by Gasteiger charge is -2.48. The standard InChI is InChI=1S/C18H25NO2/c1-19-17(14-3-4-16-13(11-14)5-9-20-16)15-6-10-21-18(12-15)7-2-8-18/h3-4,11,15,17,19H,2,5-10,12H2,1H3. The van der Waals surface area contributed by atoms with Crippen molar-refractivity contribution in [1.82, 2.24) is 5.32 Å². The van der Waals surface area contributed by atoms with Crippen molar-refractivity contribution in [2.45, 2.75) is 50.2 Å². The van der Waals surface area contributed by atoms with Crippen LogP contribution in [0.3, 0.4) is 0 Å². The number of fused-ring (bicyclic) bond motifs is 1. The Bertz CT molecular complexity index is 524. The monoisotopic (exact) mass is 287 g/mol. The van der Waals surface area contributed by atoms with Crippen LogP contribution in [0.25, 0.3) is 0 Å². The smallest absolute Gasteiger partial charge is 0.122 e. The van der Waals surface area contributed by atoms with E-state index >= 15 is 0 Å². The zero-order chi connectivity index (χ0) is 14.3. The fourth-order valence-electron chi connectivity index (χ4n) is 4.34. The molecule has 1 spiro atoms. The molecule has 114 valence electrons. The minimum Gasteiger partial charge on any atom is -0.493 e. The van der Waals surface area contributed by atoms with Gasteiger partial charge in [-0.2, -0.15) is 0 Å². The molecule has 2 aliphatic heterocycles. The van der Waals surface area contributed by atoms with Gasteiger partial charge in [-0.1, -0.05) is 12.1 Å². The fourth-order valence-corrected chi connectivity index (χ4v) is 4.34. The summed E-state index contributed by atoms with van der Waals surface area (Å²) in [7, 11) is 2.09.